The van der Waals surface area contributed by atoms with E-state index in [-0.39, 0.29) is 23.6 Å². The summed E-state index contributed by atoms with van der Waals surface area (Å²) in [5, 5.41) is 0.245. The van der Waals surface area contributed by atoms with Crippen molar-refractivity contribution in [1.29, 1.82) is 0 Å². The fourth-order valence-corrected chi connectivity index (χ4v) is 2.35. The van der Waals surface area contributed by atoms with Crippen LogP contribution in [0, 0.1) is 0 Å². The Labute approximate surface area is 99.6 Å². The number of rotatable bonds is 3. The van der Waals surface area contributed by atoms with Gasteiger partial charge in [-0.3, -0.25) is 0 Å². The number of nitrogens with zero attached hydrogens (tertiary/aromatic N) is 1. The minimum Gasteiger partial charge on any atom is -0.403 e. The Kier molecular flexibility index (Phi) is 2.69. The van der Waals surface area contributed by atoms with E-state index < -0.39 is 0 Å². The van der Waals surface area contributed by atoms with Gasteiger partial charge >= 0.3 is 7.12 Å². The highest BCUT2D eigenvalue weighted by molar-refractivity contribution is 6.51. The molecule has 0 amide bonds. The molecule has 0 bridgehead atoms. The molecule has 0 atom stereocenters. The van der Waals surface area contributed by atoms with E-state index in [2.05, 4.69) is 46.7 Å². The Balaban J connectivity index is 2.09. The highest BCUT2D eigenvalue weighted by atomic mass is 16.7. The average Bonchev–Trinajstić information content (AvgIpc) is 2.77. The van der Waals surface area contributed by atoms with E-state index in [1.807, 2.05) is 0 Å². The van der Waals surface area contributed by atoms with E-state index in [1.165, 1.54) is 12.8 Å². The predicted octanol–water partition coefficient (Wildman–Crippen LogP) is 2.17. The van der Waals surface area contributed by atoms with Gasteiger partial charge in [-0.1, -0.05) is 0 Å². The lowest BCUT2D eigenvalue weighted by atomic mass is 9.68. The van der Waals surface area contributed by atoms with Crippen LogP contribution in [0.25, 0.3) is 0 Å². The Hall–Kier alpha value is -0.0551. The maximum atomic E-state index is 6.14. The first-order valence-electron chi connectivity index (χ1n) is 6.19. The van der Waals surface area contributed by atoms with Crippen molar-refractivity contribution in [1.82, 2.24) is 4.90 Å². The van der Waals surface area contributed by atoms with Crippen molar-refractivity contribution in [2.75, 3.05) is 20.6 Å². The van der Waals surface area contributed by atoms with Crippen LogP contribution in [0.4, 0.5) is 0 Å². The summed E-state index contributed by atoms with van der Waals surface area (Å²) < 4.78 is 12.3. The molecule has 0 N–H and O–H groups in total. The average molecular weight is 225 g/mol. The smallest absolute Gasteiger partial charge is 0.403 e. The van der Waals surface area contributed by atoms with E-state index in [0.717, 1.165) is 6.54 Å². The quantitative estimate of drug-likeness (QED) is 0.687. The molecule has 2 fully saturated rings. The van der Waals surface area contributed by atoms with Crippen LogP contribution in [0.2, 0.25) is 5.31 Å². The molecule has 0 spiro atoms. The SMILES string of the molecule is CN(C)CC1(B2OC(C)(C)C(C)(C)O2)CC1. The monoisotopic (exact) mass is 225 g/mol. The van der Waals surface area contributed by atoms with Gasteiger partial charge in [0, 0.05) is 11.9 Å². The summed E-state index contributed by atoms with van der Waals surface area (Å²) in [5.41, 5.74) is -0.390. The predicted molar refractivity (Wildman–Crippen MR) is 66.6 cm³/mol. The first-order valence-corrected chi connectivity index (χ1v) is 6.19. The standard InChI is InChI=1S/C12H24BNO2/c1-10(2)11(3,4)16-13(15-10)12(7-8-12)9-14(5)6/h7-9H2,1-6H3. The van der Waals surface area contributed by atoms with Crippen LogP contribution in [0.5, 0.6) is 0 Å². The van der Waals surface area contributed by atoms with E-state index in [4.69, 9.17) is 9.31 Å². The van der Waals surface area contributed by atoms with Gasteiger partial charge in [0.2, 0.25) is 0 Å². The lowest BCUT2D eigenvalue weighted by molar-refractivity contribution is 0.00578. The second kappa shape index (κ2) is 3.47. The summed E-state index contributed by atoms with van der Waals surface area (Å²) >= 11 is 0. The third-order valence-electron chi connectivity index (χ3n) is 4.28. The zero-order chi connectivity index (χ0) is 12.2. The molecular weight excluding hydrogens is 201 g/mol. The Bertz CT molecular complexity index is 269. The van der Waals surface area contributed by atoms with Crippen molar-refractivity contribution in [3.05, 3.63) is 0 Å². The number of hydrogen-bond acceptors (Lipinski definition) is 3. The molecule has 0 aromatic carbocycles. The molecule has 3 nitrogen and oxygen atoms in total. The summed E-state index contributed by atoms with van der Waals surface area (Å²) in [4.78, 5) is 2.23. The van der Waals surface area contributed by atoms with Gasteiger partial charge in [-0.2, -0.15) is 0 Å². The molecule has 0 aromatic heterocycles. The Morgan fingerprint density at radius 2 is 1.44 bits per heavy atom. The molecular formula is C12H24BNO2. The molecule has 2 aliphatic rings. The van der Waals surface area contributed by atoms with Crippen LogP contribution in [-0.2, 0) is 9.31 Å². The van der Waals surface area contributed by atoms with Crippen molar-refractivity contribution in [3.8, 4) is 0 Å². The van der Waals surface area contributed by atoms with E-state index in [0.29, 0.717) is 0 Å². The zero-order valence-corrected chi connectivity index (χ0v) is 11.5. The van der Waals surface area contributed by atoms with Gasteiger partial charge in [-0.05, 0) is 54.6 Å². The molecule has 92 valence electrons. The Morgan fingerprint density at radius 1 is 1.00 bits per heavy atom. The van der Waals surface area contributed by atoms with Gasteiger partial charge in [-0.15, -0.1) is 0 Å². The van der Waals surface area contributed by atoms with E-state index in [9.17, 15) is 0 Å². The molecule has 1 aliphatic carbocycles. The Morgan fingerprint density at radius 3 is 1.75 bits per heavy atom. The van der Waals surface area contributed by atoms with E-state index >= 15 is 0 Å². The lowest BCUT2D eigenvalue weighted by Gasteiger charge is -2.32. The largest absolute Gasteiger partial charge is 0.465 e. The molecule has 2 rings (SSSR count). The molecule has 1 heterocycles. The maximum absolute atomic E-state index is 6.14. The summed E-state index contributed by atoms with van der Waals surface area (Å²) in [6.45, 7) is 9.55. The van der Waals surface area contributed by atoms with Gasteiger partial charge in [0.1, 0.15) is 0 Å². The van der Waals surface area contributed by atoms with Crippen molar-refractivity contribution < 1.29 is 9.31 Å². The van der Waals surface area contributed by atoms with Gasteiger partial charge in [-0.25, -0.2) is 0 Å². The first-order chi connectivity index (χ1) is 7.19. The first kappa shape index (κ1) is 12.4. The fraction of sp³-hybridized carbons (Fsp3) is 1.00. The van der Waals surface area contributed by atoms with Gasteiger partial charge in [0.15, 0.2) is 0 Å². The highest BCUT2D eigenvalue weighted by Crippen LogP contribution is 2.60. The second-order valence-corrected chi connectivity index (χ2v) is 6.69. The summed E-state index contributed by atoms with van der Waals surface area (Å²) in [6, 6.07) is 0. The van der Waals surface area contributed by atoms with Crippen molar-refractivity contribution in [2.24, 2.45) is 0 Å². The van der Waals surface area contributed by atoms with Gasteiger partial charge in [0.25, 0.3) is 0 Å². The molecule has 0 radical (unpaired) electrons. The molecule has 1 saturated carbocycles. The summed E-state index contributed by atoms with van der Waals surface area (Å²) in [5.74, 6) is 0. The van der Waals surface area contributed by atoms with Crippen molar-refractivity contribution in [2.45, 2.75) is 57.1 Å². The van der Waals surface area contributed by atoms with E-state index in [1.54, 1.807) is 0 Å². The molecule has 16 heavy (non-hydrogen) atoms. The fourth-order valence-electron chi connectivity index (χ4n) is 2.35. The van der Waals surface area contributed by atoms with Crippen LogP contribution >= 0.6 is 0 Å². The highest BCUT2D eigenvalue weighted by Gasteiger charge is 2.64. The topological polar surface area (TPSA) is 21.7 Å². The lowest BCUT2D eigenvalue weighted by Crippen LogP contribution is -2.41. The normalized spacial score (nSPS) is 29.8. The van der Waals surface area contributed by atoms with Crippen LogP contribution in [0.3, 0.4) is 0 Å². The molecule has 1 aliphatic heterocycles. The van der Waals surface area contributed by atoms with Gasteiger partial charge in [0.05, 0.1) is 11.2 Å². The third-order valence-corrected chi connectivity index (χ3v) is 4.28. The van der Waals surface area contributed by atoms with Crippen LogP contribution < -0.4 is 0 Å². The van der Waals surface area contributed by atoms with Gasteiger partial charge < -0.3 is 14.2 Å². The zero-order valence-electron chi connectivity index (χ0n) is 11.5. The second-order valence-electron chi connectivity index (χ2n) is 6.69. The summed E-state index contributed by atoms with van der Waals surface area (Å²) in [6.07, 6.45) is 2.45. The molecule has 0 unspecified atom stereocenters. The maximum Gasteiger partial charge on any atom is 0.465 e. The van der Waals surface area contributed by atoms with Crippen LogP contribution in [0.1, 0.15) is 40.5 Å². The molecule has 0 aromatic rings. The minimum absolute atomic E-state index is 0.0279. The van der Waals surface area contributed by atoms with Crippen LogP contribution in [0.15, 0.2) is 0 Å². The molecule has 4 heteroatoms. The van der Waals surface area contributed by atoms with Crippen LogP contribution in [-0.4, -0.2) is 43.9 Å². The van der Waals surface area contributed by atoms with Crippen molar-refractivity contribution >= 4 is 7.12 Å². The molecule has 1 saturated heterocycles. The third kappa shape index (κ3) is 1.91. The summed E-state index contributed by atoms with van der Waals surface area (Å²) in [7, 11) is 4.20. The number of hydrogen-bond donors (Lipinski definition) is 0. The minimum atomic E-state index is -0.195. The van der Waals surface area contributed by atoms with Crippen molar-refractivity contribution in [3.63, 3.8) is 0 Å².